The molecule has 4 rings (SSSR count). The summed E-state index contributed by atoms with van der Waals surface area (Å²) in [6, 6.07) is 7.60. The predicted molar refractivity (Wildman–Crippen MR) is 123 cm³/mol. The van der Waals surface area contributed by atoms with Crippen LogP contribution < -0.4 is 20.9 Å². The Kier molecular flexibility index (Phi) is 6.33. The first-order valence-corrected chi connectivity index (χ1v) is 10.9. The molecule has 1 aromatic carbocycles. The molecule has 1 atom stereocenters. The molecule has 0 amide bonds. The lowest BCUT2D eigenvalue weighted by Crippen LogP contribution is -2.47. The molecule has 0 saturated carbocycles. The highest BCUT2D eigenvalue weighted by atomic mass is 16.5. The summed E-state index contributed by atoms with van der Waals surface area (Å²) in [4.78, 5) is 36.2. The van der Waals surface area contributed by atoms with Crippen LogP contribution >= 0.6 is 0 Å². The van der Waals surface area contributed by atoms with Gasteiger partial charge in [0.25, 0.3) is 5.56 Å². The fourth-order valence-corrected chi connectivity index (χ4v) is 3.99. The molecule has 10 nitrogen and oxygen atoms in total. The van der Waals surface area contributed by atoms with Crippen LogP contribution in [0.3, 0.4) is 0 Å². The van der Waals surface area contributed by atoms with Crippen molar-refractivity contribution in [3.8, 4) is 5.75 Å². The Balaban J connectivity index is 1.63. The average Bonchev–Trinajstić information content (AvgIpc) is 3.17. The molecule has 10 heteroatoms. The van der Waals surface area contributed by atoms with Gasteiger partial charge in [-0.3, -0.25) is 14.3 Å². The van der Waals surface area contributed by atoms with E-state index in [-0.39, 0.29) is 18.7 Å². The van der Waals surface area contributed by atoms with Crippen molar-refractivity contribution in [2.24, 2.45) is 7.05 Å². The summed E-state index contributed by atoms with van der Waals surface area (Å²) < 4.78 is 8.76. The van der Waals surface area contributed by atoms with Crippen molar-refractivity contribution in [3.63, 3.8) is 0 Å². The largest absolute Gasteiger partial charge is 0.491 e. The number of H-pyrrole nitrogens is 1. The number of hydrogen-bond donors (Lipinski definition) is 2. The Morgan fingerprint density at radius 3 is 2.50 bits per heavy atom. The number of aromatic nitrogens is 4. The number of benzene rings is 1. The van der Waals surface area contributed by atoms with E-state index in [2.05, 4.69) is 26.7 Å². The zero-order valence-electron chi connectivity index (χ0n) is 18.7. The molecule has 32 heavy (non-hydrogen) atoms. The molecule has 0 radical (unpaired) electrons. The number of piperazine rings is 1. The third kappa shape index (κ3) is 4.42. The normalized spacial score (nSPS) is 15.9. The van der Waals surface area contributed by atoms with E-state index >= 15 is 0 Å². The Morgan fingerprint density at radius 1 is 1.16 bits per heavy atom. The number of ether oxygens (including phenoxy) is 1. The molecule has 1 unspecified atom stereocenters. The number of imidazole rings is 1. The summed E-state index contributed by atoms with van der Waals surface area (Å²) in [6.45, 7) is 8.55. The van der Waals surface area contributed by atoms with Gasteiger partial charge in [-0.15, -0.1) is 0 Å². The number of aliphatic hydroxyl groups is 1. The molecule has 0 aliphatic carbocycles. The Labute approximate surface area is 185 Å². The fraction of sp³-hybridized carbons (Fsp3) is 0.500. The molecular formula is C22H30N6O4. The molecule has 2 N–H and O–H groups in total. The van der Waals surface area contributed by atoms with Gasteiger partial charge in [0.1, 0.15) is 18.5 Å². The van der Waals surface area contributed by atoms with E-state index in [9.17, 15) is 14.7 Å². The summed E-state index contributed by atoms with van der Waals surface area (Å²) in [6.07, 6.45) is -0.874. The Morgan fingerprint density at radius 2 is 1.84 bits per heavy atom. The number of fused-ring (bicyclic) bond motifs is 1. The number of anilines is 1. The zero-order valence-corrected chi connectivity index (χ0v) is 18.7. The van der Waals surface area contributed by atoms with Gasteiger partial charge in [0.15, 0.2) is 11.2 Å². The number of aliphatic hydroxyl groups excluding tert-OH is 1. The van der Waals surface area contributed by atoms with Gasteiger partial charge in [0, 0.05) is 33.2 Å². The zero-order chi connectivity index (χ0) is 22.8. The number of aryl methyl sites for hydroxylation is 2. The van der Waals surface area contributed by atoms with Crippen molar-refractivity contribution >= 4 is 17.1 Å². The lowest BCUT2D eigenvalue weighted by atomic mass is 10.2. The number of likely N-dealkylation sites (N-methyl/N-ethyl adjacent to an activating group) is 1. The maximum atomic E-state index is 12.7. The number of aromatic amines is 1. The summed E-state index contributed by atoms with van der Waals surface area (Å²) >= 11 is 0. The molecule has 1 saturated heterocycles. The van der Waals surface area contributed by atoms with E-state index in [1.165, 1.54) is 4.57 Å². The van der Waals surface area contributed by atoms with E-state index in [0.29, 0.717) is 17.3 Å². The highest BCUT2D eigenvalue weighted by molar-refractivity contribution is 5.74. The summed E-state index contributed by atoms with van der Waals surface area (Å²) in [5.41, 5.74) is 0.673. The highest BCUT2D eigenvalue weighted by Crippen LogP contribution is 2.22. The van der Waals surface area contributed by atoms with E-state index in [1.807, 2.05) is 31.2 Å². The second kappa shape index (κ2) is 9.17. The molecule has 172 valence electrons. The number of nitrogens with one attached hydrogen (secondary N) is 1. The summed E-state index contributed by atoms with van der Waals surface area (Å²) in [7, 11) is 1.58. The second-order valence-corrected chi connectivity index (χ2v) is 8.21. The van der Waals surface area contributed by atoms with Crippen molar-refractivity contribution in [1.29, 1.82) is 0 Å². The number of nitrogens with zero attached hydrogens (tertiary/aromatic N) is 5. The summed E-state index contributed by atoms with van der Waals surface area (Å²) in [5, 5.41) is 10.7. The first-order chi connectivity index (χ1) is 15.4. The van der Waals surface area contributed by atoms with Crippen LogP contribution in [0.15, 0.2) is 33.9 Å². The molecule has 2 aromatic heterocycles. The Hall–Kier alpha value is -3.11. The lowest BCUT2D eigenvalue weighted by Gasteiger charge is -2.35. The highest BCUT2D eigenvalue weighted by Gasteiger charge is 2.25. The minimum atomic E-state index is -0.874. The van der Waals surface area contributed by atoms with Crippen LogP contribution in [-0.2, 0) is 13.6 Å². The van der Waals surface area contributed by atoms with Crippen molar-refractivity contribution in [1.82, 2.24) is 24.0 Å². The van der Waals surface area contributed by atoms with Crippen LogP contribution in [0, 0.1) is 6.92 Å². The maximum absolute atomic E-state index is 12.7. The van der Waals surface area contributed by atoms with Crippen LogP contribution in [0.25, 0.3) is 11.2 Å². The smallest absolute Gasteiger partial charge is 0.329 e. The molecule has 1 fully saturated rings. The van der Waals surface area contributed by atoms with Crippen molar-refractivity contribution in [2.45, 2.75) is 26.5 Å². The number of rotatable bonds is 7. The fourth-order valence-electron chi connectivity index (χ4n) is 3.99. The molecule has 3 heterocycles. The predicted octanol–water partition coefficient (Wildman–Crippen LogP) is 0.314. The molecule has 1 aliphatic rings. The van der Waals surface area contributed by atoms with Crippen LogP contribution in [0.4, 0.5) is 5.95 Å². The van der Waals surface area contributed by atoms with E-state index in [0.717, 1.165) is 38.3 Å². The minimum absolute atomic E-state index is 0.0649. The Bertz CT molecular complexity index is 1190. The first-order valence-electron chi connectivity index (χ1n) is 10.9. The van der Waals surface area contributed by atoms with Crippen LogP contribution in [-0.4, -0.2) is 74.5 Å². The van der Waals surface area contributed by atoms with Crippen LogP contribution in [0.1, 0.15) is 12.5 Å². The quantitative estimate of drug-likeness (QED) is 0.542. The van der Waals surface area contributed by atoms with Gasteiger partial charge < -0.3 is 24.2 Å². The minimum Gasteiger partial charge on any atom is -0.491 e. The van der Waals surface area contributed by atoms with Crippen molar-refractivity contribution < 1.29 is 9.84 Å². The van der Waals surface area contributed by atoms with Crippen molar-refractivity contribution in [3.05, 3.63) is 50.7 Å². The number of hydrogen-bond acceptors (Lipinski definition) is 7. The van der Waals surface area contributed by atoms with E-state index in [1.54, 1.807) is 11.6 Å². The van der Waals surface area contributed by atoms with Gasteiger partial charge in [-0.25, -0.2) is 4.79 Å². The van der Waals surface area contributed by atoms with E-state index in [4.69, 9.17) is 4.74 Å². The van der Waals surface area contributed by atoms with Crippen LogP contribution in [0.5, 0.6) is 5.75 Å². The van der Waals surface area contributed by atoms with Gasteiger partial charge in [-0.2, -0.15) is 4.98 Å². The third-order valence-electron chi connectivity index (χ3n) is 5.95. The van der Waals surface area contributed by atoms with Crippen molar-refractivity contribution in [2.75, 3.05) is 44.2 Å². The molecule has 0 spiro atoms. The maximum Gasteiger partial charge on any atom is 0.329 e. The lowest BCUT2D eigenvalue weighted by molar-refractivity contribution is 0.0935. The van der Waals surface area contributed by atoms with Crippen LogP contribution in [0.2, 0.25) is 0 Å². The standard InChI is InChI=1S/C22H30N6O4/c1-4-26-9-11-27(12-10-26)21-23-19-18(20(30)24-22(31)25(19)3)28(21)13-16(29)14-32-17-7-5-15(2)6-8-17/h5-8,16,29H,4,9-14H2,1-3H3,(H,24,30,31). The van der Waals surface area contributed by atoms with Gasteiger partial charge in [-0.1, -0.05) is 24.6 Å². The molecule has 1 aliphatic heterocycles. The van der Waals surface area contributed by atoms with Gasteiger partial charge in [0.05, 0.1) is 6.54 Å². The monoisotopic (exact) mass is 442 g/mol. The second-order valence-electron chi connectivity index (χ2n) is 8.21. The topological polar surface area (TPSA) is 109 Å². The summed E-state index contributed by atoms with van der Waals surface area (Å²) in [5.74, 6) is 1.25. The van der Waals surface area contributed by atoms with Gasteiger partial charge in [0.2, 0.25) is 5.95 Å². The molecule has 3 aromatic rings. The molecule has 0 bridgehead atoms. The first kappa shape index (κ1) is 22.1. The van der Waals surface area contributed by atoms with E-state index < -0.39 is 17.4 Å². The SMILES string of the molecule is CCN1CCN(c2nc3c(c(=O)[nH]c(=O)n3C)n2CC(O)COc2ccc(C)cc2)CC1. The third-order valence-corrected chi connectivity index (χ3v) is 5.95. The molecular weight excluding hydrogens is 412 g/mol. The van der Waals surface area contributed by atoms with Gasteiger partial charge in [-0.05, 0) is 25.6 Å². The van der Waals surface area contributed by atoms with Gasteiger partial charge >= 0.3 is 5.69 Å². The average molecular weight is 443 g/mol.